The first-order chi connectivity index (χ1) is 15.8. The van der Waals surface area contributed by atoms with Gasteiger partial charge >= 0.3 is 12.1 Å². The molecule has 0 aliphatic carbocycles. The number of nitriles is 1. The molecule has 0 aliphatic rings. The molecule has 0 unspecified atom stereocenters. The van der Waals surface area contributed by atoms with Crippen molar-refractivity contribution in [3.05, 3.63) is 81.2 Å². The predicted molar refractivity (Wildman–Crippen MR) is 121 cm³/mol. The molecule has 0 saturated heterocycles. The summed E-state index contributed by atoms with van der Waals surface area (Å²) in [5.74, 6) is -0.940. The Morgan fingerprint density at radius 3 is 2.36 bits per heavy atom. The first-order valence-electron chi connectivity index (χ1n) is 8.99. The van der Waals surface area contributed by atoms with Crippen molar-refractivity contribution in [2.75, 3.05) is 5.43 Å². The molecule has 0 fully saturated rings. The van der Waals surface area contributed by atoms with E-state index in [0.29, 0.717) is 11.4 Å². The standard InChI is InChI=1S/C21H13Cl2N5O5/c22-15-8-12(26-27-17(10-24)20(30)33-21(25)31)9-16(23)19(15)32-14-6-7-18(29)28(11-14)13-4-2-1-3-5-13/h1-9,11,26H,(H2,25,31). The number of pyridine rings is 1. The van der Waals surface area contributed by atoms with Gasteiger partial charge in [-0.3, -0.25) is 14.8 Å². The number of hydrazone groups is 1. The van der Waals surface area contributed by atoms with E-state index in [2.05, 4.69) is 15.3 Å². The number of benzene rings is 2. The fourth-order valence-electron chi connectivity index (χ4n) is 2.53. The van der Waals surface area contributed by atoms with Gasteiger partial charge in [-0.25, -0.2) is 9.59 Å². The van der Waals surface area contributed by atoms with Gasteiger partial charge in [0.2, 0.25) is 5.71 Å². The number of nitrogens with two attached hydrogens (primary N) is 1. The Labute approximate surface area is 196 Å². The van der Waals surface area contributed by atoms with Crippen molar-refractivity contribution in [2.45, 2.75) is 0 Å². The van der Waals surface area contributed by atoms with E-state index in [0.717, 1.165) is 0 Å². The zero-order chi connectivity index (χ0) is 24.0. The van der Waals surface area contributed by atoms with Crippen molar-refractivity contribution >= 4 is 46.7 Å². The van der Waals surface area contributed by atoms with E-state index in [1.807, 2.05) is 6.07 Å². The number of esters is 1. The van der Waals surface area contributed by atoms with Crippen LogP contribution in [-0.4, -0.2) is 22.3 Å². The van der Waals surface area contributed by atoms with Crippen LogP contribution in [0.3, 0.4) is 0 Å². The maximum absolute atomic E-state index is 12.2. The first-order valence-corrected chi connectivity index (χ1v) is 9.74. The van der Waals surface area contributed by atoms with Crippen molar-refractivity contribution < 1.29 is 19.1 Å². The number of primary amides is 1. The molecule has 1 heterocycles. The van der Waals surface area contributed by atoms with Gasteiger partial charge in [-0.2, -0.15) is 10.4 Å². The molecule has 1 aromatic heterocycles. The highest BCUT2D eigenvalue weighted by atomic mass is 35.5. The Morgan fingerprint density at radius 1 is 1.09 bits per heavy atom. The number of hydrogen-bond donors (Lipinski definition) is 2. The number of halogens is 2. The summed E-state index contributed by atoms with van der Waals surface area (Å²) in [7, 11) is 0. The summed E-state index contributed by atoms with van der Waals surface area (Å²) in [6.45, 7) is 0. The lowest BCUT2D eigenvalue weighted by molar-refractivity contribution is -0.129. The minimum atomic E-state index is -1.38. The van der Waals surface area contributed by atoms with Crippen LogP contribution in [0.1, 0.15) is 0 Å². The summed E-state index contributed by atoms with van der Waals surface area (Å²) < 4.78 is 11.3. The number of amides is 1. The lowest BCUT2D eigenvalue weighted by atomic mass is 10.3. The van der Waals surface area contributed by atoms with E-state index < -0.39 is 17.8 Å². The van der Waals surface area contributed by atoms with Gasteiger partial charge in [0.15, 0.2) is 5.75 Å². The zero-order valence-electron chi connectivity index (χ0n) is 16.5. The monoisotopic (exact) mass is 485 g/mol. The number of carbonyl (C=O) groups is 2. The van der Waals surface area contributed by atoms with Gasteiger partial charge in [0.1, 0.15) is 11.8 Å². The maximum Gasteiger partial charge on any atom is 0.412 e. The fourth-order valence-corrected chi connectivity index (χ4v) is 3.10. The molecule has 0 atom stereocenters. The molecule has 10 nitrogen and oxygen atoms in total. The second-order valence-electron chi connectivity index (χ2n) is 6.17. The Balaban J connectivity index is 1.84. The van der Waals surface area contributed by atoms with Crippen molar-refractivity contribution in [1.29, 1.82) is 5.26 Å². The molecule has 0 aliphatic heterocycles. The van der Waals surface area contributed by atoms with Crippen molar-refractivity contribution in [3.63, 3.8) is 0 Å². The van der Waals surface area contributed by atoms with E-state index in [9.17, 15) is 14.4 Å². The van der Waals surface area contributed by atoms with Crippen LogP contribution in [0.2, 0.25) is 10.0 Å². The highest BCUT2D eigenvalue weighted by Gasteiger charge is 2.17. The SMILES string of the molecule is N#CC(=NNc1cc(Cl)c(Oc2ccc(=O)n(-c3ccccc3)c2)c(Cl)c1)C(=O)OC(N)=O. The number of ether oxygens (including phenoxy) is 2. The Bertz CT molecular complexity index is 1330. The van der Waals surface area contributed by atoms with Gasteiger partial charge in [0.25, 0.3) is 5.56 Å². The minimum absolute atomic E-state index is 0.0656. The average molecular weight is 486 g/mol. The number of nitrogens with one attached hydrogen (secondary N) is 1. The summed E-state index contributed by atoms with van der Waals surface area (Å²) in [5, 5.41) is 12.6. The van der Waals surface area contributed by atoms with Crippen LogP contribution in [-0.2, 0) is 9.53 Å². The number of aromatic nitrogens is 1. The fraction of sp³-hybridized carbons (Fsp3) is 0. The molecule has 1 amide bonds. The summed E-state index contributed by atoms with van der Waals surface area (Å²) >= 11 is 12.5. The second-order valence-corrected chi connectivity index (χ2v) is 6.99. The third kappa shape index (κ3) is 5.88. The molecule has 3 rings (SSSR count). The van der Waals surface area contributed by atoms with Crippen molar-refractivity contribution in [2.24, 2.45) is 10.8 Å². The Kier molecular flexibility index (Phi) is 7.30. The lowest BCUT2D eigenvalue weighted by Crippen LogP contribution is -2.24. The summed E-state index contributed by atoms with van der Waals surface area (Å²) in [4.78, 5) is 34.4. The molecule has 0 saturated carbocycles. The second kappa shape index (κ2) is 10.3. The summed E-state index contributed by atoms with van der Waals surface area (Å²) in [5.41, 5.74) is 6.96. The number of rotatable bonds is 6. The van der Waals surface area contributed by atoms with Crippen LogP contribution in [0.4, 0.5) is 10.5 Å². The van der Waals surface area contributed by atoms with Crippen LogP contribution in [0, 0.1) is 11.3 Å². The van der Waals surface area contributed by atoms with E-state index in [1.165, 1.54) is 41.1 Å². The average Bonchev–Trinajstić information content (AvgIpc) is 2.78. The Hall–Kier alpha value is -4.33. The third-order valence-corrected chi connectivity index (χ3v) is 4.49. The van der Waals surface area contributed by atoms with Crippen molar-refractivity contribution in [1.82, 2.24) is 4.57 Å². The zero-order valence-corrected chi connectivity index (χ0v) is 18.0. The van der Waals surface area contributed by atoms with Gasteiger partial charge in [0.05, 0.1) is 21.9 Å². The maximum atomic E-state index is 12.2. The normalized spacial score (nSPS) is 10.8. The van der Waals surface area contributed by atoms with Gasteiger partial charge in [-0.15, -0.1) is 0 Å². The smallest absolute Gasteiger partial charge is 0.412 e. The molecule has 12 heteroatoms. The van der Waals surface area contributed by atoms with E-state index in [4.69, 9.17) is 38.9 Å². The molecule has 166 valence electrons. The molecule has 3 aromatic rings. The molecular formula is C21H13Cl2N5O5. The predicted octanol–water partition coefficient (Wildman–Crippen LogP) is 3.85. The van der Waals surface area contributed by atoms with Crippen LogP contribution in [0.25, 0.3) is 5.69 Å². The third-order valence-electron chi connectivity index (χ3n) is 3.93. The van der Waals surface area contributed by atoms with Crippen molar-refractivity contribution in [3.8, 4) is 23.3 Å². The molecule has 0 bridgehead atoms. The van der Waals surface area contributed by atoms with E-state index in [1.54, 1.807) is 24.3 Å². The Morgan fingerprint density at radius 2 is 1.76 bits per heavy atom. The van der Waals surface area contributed by atoms with E-state index in [-0.39, 0.29) is 27.0 Å². The highest BCUT2D eigenvalue weighted by molar-refractivity contribution is 6.44. The van der Waals surface area contributed by atoms with Crippen LogP contribution < -0.4 is 21.5 Å². The summed E-state index contributed by atoms with van der Waals surface area (Å²) in [6, 6.07) is 15.9. The molecule has 3 N–H and O–H groups in total. The number of nitrogens with zero attached hydrogens (tertiary/aromatic N) is 3. The van der Waals surface area contributed by atoms with Gasteiger partial charge < -0.3 is 15.2 Å². The number of anilines is 1. The molecule has 0 radical (unpaired) electrons. The van der Waals surface area contributed by atoms with Gasteiger partial charge in [-0.05, 0) is 30.3 Å². The highest BCUT2D eigenvalue weighted by Crippen LogP contribution is 2.38. The van der Waals surface area contributed by atoms with Crippen LogP contribution in [0.15, 0.2) is 70.7 Å². The van der Waals surface area contributed by atoms with Crippen LogP contribution >= 0.6 is 23.2 Å². The van der Waals surface area contributed by atoms with Crippen LogP contribution in [0.5, 0.6) is 11.5 Å². The number of carbonyl (C=O) groups excluding carboxylic acids is 2. The summed E-state index contributed by atoms with van der Waals surface area (Å²) in [6.07, 6.45) is 0.110. The van der Waals surface area contributed by atoms with Gasteiger partial charge in [-0.1, -0.05) is 41.4 Å². The van der Waals surface area contributed by atoms with Gasteiger partial charge in [0, 0.05) is 11.8 Å². The molecular weight excluding hydrogens is 473 g/mol. The van der Waals surface area contributed by atoms with E-state index >= 15 is 0 Å². The largest absolute Gasteiger partial charge is 0.453 e. The lowest BCUT2D eigenvalue weighted by Gasteiger charge is -2.13. The first kappa shape index (κ1) is 23.3. The molecule has 2 aromatic carbocycles. The quantitative estimate of drug-likeness (QED) is 0.233. The molecule has 0 spiro atoms. The number of para-hydroxylation sites is 1. The minimum Gasteiger partial charge on any atom is -0.453 e. The topological polar surface area (TPSA) is 149 Å². The molecule has 33 heavy (non-hydrogen) atoms. The number of hydrogen-bond acceptors (Lipinski definition) is 8.